The van der Waals surface area contributed by atoms with Crippen molar-refractivity contribution < 1.29 is 32.2 Å². The lowest BCUT2D eigenvalue weighted by Gasteiger charge is -2.21. The predicted octanol–water partition coefficient (Wildman–Crippen LogP) is 3.21. The van der Waals surface area contributed by atoms with E-state index in [1.165, 1.54) is 54.5 Å². The first-order chi connectivity index (χ1) is 17.6. The van der Waals surface area contributed by atoms with Crippen molar-refractivity contribution in [2.45, 2.75) is 11.4 Å². The lowest BCUT2D eigenvalue weighted by molar-refractivity contribution is -0.141. The van der Waals surface area contributed by atoms with Crippen LogP contribution in [0.3, 0.4) is 0 Å². The van der Waals surface area contributed by atoms with Crippen LogP contribution < -0.4 is 4.80 Å². The van der Waals surface area contributed by atoms with Gasteiger partial charge in [0.15, 0.2) is 4.80 Å². The van der Waals surface area contributed by atoms with Crippen LogP contribution in [0.25, 0.3) is 10.2 Å². The zero-order valence-electron chi connectivity index (χ0n) is 20.3. The second kappa shape index (κ2) is 13.0. The normalized spacial score (nSPS) is 12.4. The van der Waals surface area contributed by atoms with Crippen LogP contribution in [0.15, 0.2) is 46.3 Å². The van der Waals surface area contributed by atoms with E-state index in [1.54, 1.807) is 12.1 Å². The van der Waals surface area contributed by atoms with Crippen molar-refractivity contribution in [3.63, 3.8) is 0 Å². The Hall–Kier alpha value is -2.32. The van der Waals surface area contributed by atoms with Gasteiger partial charge in [-0.05, 0) is 36.4 Å². The molecule has 0 spiro atoms. The van der Waals surface area contributed by atoms with E-state index >= 15 is 0 Å². The Morgan fingerprint density at radius 3 is 2.19 bits per heavy atom. The molecule has 0 aliphatic rings. The van der Waals surface area contributed by atoms with Crippen LogP contribution in [0, 0.1) is 0 Å². The third kappa shape index (κ3) is 6.77. The van der Waals surface area contributed by atoms with Gasteiger partial charge >= 0.3 is 5.97 Å². The Labute approximate surface area is 228 Å². The molecule has 0 saturated heterocycles. The van der Waals surface area contributed by atoms with Crippen LogP contribution in [0.5, 0.6) is 0 Å². The molecule has 200 valence electrons. The lowest BCUT2D eigenvalue weighted by Crippen LogP contribution is -2.36. The maximum atomic E-state index is 13.1. The number of carbonyl (C=O) groups is 2. The topological polar surface area (TPSA) is 116 Å². The average molecular weight is 591 g/mol. The van der Waals surface area contributed by atoms with Crippen molar-refractivity contribution in [3.8, 4) is 0 Å². The van der Waals surface area contributed by atoms with Gasteiger partial charge in [-0.2, -0.15) is 9.30 Å². The van der Waals surface area contributed by atoms with E-state index in [1.807, 2.05) is 0 Å². The molecule has 0 N–H and O–H groups in total. The molecule has 0 atom stereocenters. The van der Waals surface area contributed by atoms with Gasteiger partial charge in [-0.3, -0.25) is 9.59 Å². The summed E-state index contributed by atoms with van der Waals surface area (Å²) in [5.41, 5.74) is 0.607. The summed E-state index contributed by atoms with van der Waals surface area (Å²) in [5, 5.41) is 0.500. The number of amides is 1. The smallest absolute Gasteiger partial charge is 0.325 e. The SMILES string of the molecule is COCCN(CCOC)S(=O)(=O)c1ccc(C(=O)N=c2sc3ccc(Cl)c(Cl)c3n2CC(=O)OC)cc1. The monoisotopic (exact) mass is 589 g/mol. The van der Waals surface area contributed by atoms with E-state index in [0.29, 0.717) is 10.2 Å². The largest absolute Gasteiger partial charge is 0.468 e. The molecule has 14 heteroatoms. The van der Waals surface area contributed by atoms with Crippen molar-refractivity contribution in [3.05, 3.63) is 56.8 Å². The van der Waals surface area contributed by atoms with E-state index in [4.69, 9.17) is 37.4 Å². The van der Waals surface area contributed by atoms with Gasteiger partial charge in [-0.25, -0.2) is 8.42 Å². The third-order valence-corrected chi connectivity index (χ3v) is 9.03. The Kier molecular flexibility index (Phi) is 10.2. The molecule has 1 heterocycles. The van der Waals surface area contributed by atoms with Gasteiger partial charge in [0.2, 0.25) is 10.0 Å². The molecule has 2 aromatic carbocycles. The summed E-state index contributed by atoms with van der Waals surface area (Å²) in [5.74, 6) is -1.20. The zero-order valence-corrected chi connectivity index (χ0v) is 23.4. The molecule has 10 nitrogen and oxygen atoms in total. The van der Waals surface area contributed by atoms with Gasteiger partial charge in [-0.1, -0.05) is 34.5 Å². The quantitative estimate of drug-likeness (QED) is 0.315. The van der Waals surface area contributed by atoms with Crippen molar-refractivity contribution in [1.29, 1.82) is 0 Å². The predicted molar refractivity (Wildman–Crippen MR) is 141 cm³/mol. The summed E-state index contributed by atoms with van der Waals surface area (Å²) in [7, 11) is 0.370. The summed E-state index contributed by atoms with van der Waals surface area (Å²) in [6.45, 7) is 0.495. The van der Waals surface area contributed by atoms with Crippen LogP contribution in [-0.4, -0.2) is 76.8 Å². The molecular weight excluding hydrogens is 565 g/mol. The Balaban J connectivity index is 1.97. The first-order valence-corrected chi connectivity index (χ1v) is 13.9. The summed E-state index contributed by atoms with van der Waals surface area (Å²) in [4.78, 5) is 29.4. The van der Waals surface area contributed by atoms with Crippen LogP contribution in [0.2, 0.25) is 10.0 Å². The fourth-order valence-corrected chi connectivity index (χ4v) is 6.26. The Morgan fingerprint density at radius 1 is 1.00 bits per heavy atom. The zero-order chi connectivity index (χ0) is 27.2. The molecular formula is C23H25Cl2N3O7S2. The van der Waals surface area contributed by atoms with Gasteiger partial charge in [0, 0.05) is 32.9 Å². The van der Waals surface area contributed by atoms with Gasteiger partial charge in [-0.15, -0.1) is 0 Å². The lowest BCUT2D eigenvalue weighted by atomic mass is 10.2. The second-order valence-electron chi connectivity index (χ2n) is 7.59. The fourth-order valence-electron chi connectivity index (χ4n) is 3.34. The number of methoxy groups -OCH3 is 3. The highest BCUT2D eigenvalue weighted by Crippen LogP contribution is 2.32. The number of halogens is 2. The minimum absolute atomic E-state index is 0.0142. The van der Waals surface area contributed by atoms with Gasteiger partial charge in [0.05, 0.1) is 45.5 Å². The molecule has 37 heavy (non-hydrogen) atoms. The molecule has 0 radical (unpaired) electrons. The average Bonchev–Trinajstić information content (AvgIpc) is 3.23. The molecule has 0 fully saturated rings. The number of esters is 1. The molecule has 1 amide bonds. The van der Waals surface area contributed by atoms with Crippen molar-refractivity contribution in [2.75, 3.05) is 47.6 Å². The Bertz CT molecular complexity index is 1440. The number of sulfonamides is 1. The number of ether oxygens (including phenoxy) is 3. The molecule has 0 aliphatic carbocycles. The van der Waals surface area contributed by atoms with Crippen molar-refractivity contribution in [2.24, 2.45) is 4.99 Å². The molecule has 0 aliphatic heterocycles. The summed E-state index contributed by atoms with van der Waals surface area (Å²) >= 11 is 13.7. The number of hydrogen-bond acceptors (Lipinski definition) is 8. The molecule has 1 aromatic heterocycles. The second-order valence-corrected chi connectivity index (χ2v) is 11.3. The van der Waals surface area contributed by atoms with E-state index in [2.05, 4.69) is 4.99 Å². The molecule has 3 aromatic rings. The number of rotatable bonds is 11. The Morgan fingerprint density at radius 2 is 1.62 bits per heavy atom. The summed E-state index contributed by atoms with van der Waals surface area (Å²) < 4.78 is 44.4. The van der Waals surface area contributed by atoms with Crippen LogP contribution in [0.1, 0.15) is 10.4 Å². The number of thiazole rings is 1. The third-order valence-electron chi connectivity index (χ3n) is 5.27. The highest BCUT2D eigenvalue weighted by Gasteiger charge is 2.24. The number of hydrogen-bond donors (Lipinski definition) is 0. The number of carbonyl (C=O) groups excluding carboxylic acids is 2. The maximum Gasteiger partial charge on any atom is 0.325 e. The van der Waals surface area contributed by atoms with Crippen molar-refractivity contribution in [1.82, 2.24) is 8.87 Å². The highest BCUT2D eigenvalue weighted by atomic mass is 35.5. The molecule has 0 saturated carbocycles. The molecule has 0 unspecified atom stereocenters. The van der Waals surface area contributed by atoms with Gasteiger partial charge in [0.25, 0.3) is 5.91 Å². The highest BCUT2D eigenvalue weighted by molar-refractivity contribution is 7.89. The standard InChI is InChI=1S/C23H25Cl2N3O7S2/c1-33-12-10-27(11-13-34-2)37(31,32)16-6-4-15(5-7-16)22(30)26-23-28(14-19(29)35-3)21-18(36-23)9-8-17(24)20(21)25/h4-9H,10-14H2,1-3H3. The van der Waals surface area contributed by atoms with Crippen LogP contribution in [0.4, 0.5) is 0 Å². The van der Waals surface area contributed by atoms with Crippen LogP contribution >= 0.6 is 34.5 Å². The van der Waals surface area contributed by atoms with E-state index < -0.39 is 21.9 Å². The number of nitrogens with zero attached hydrogens (tertiary/aromatic N) is 3. The van der Waals surface area contributed by atoms with E-state index in [9.17, 15) is 18.0 Å². The van der Waals surface area contributed by atoms with E-state index in [0.717, 1.165) is 11.3 Å². The maximum absolute atomic E-state index is 13.1. The minimum Gasteiger partial charge on any atom is -0.468 e. The van der Waals surface area contributed by atoms with Gasteiger partial charge < -0.3 is 18.8 Å². The summed E-state index contributed by atoms with van der Waals surface area (Å²) in [6, 6.07) is 8.77. The first-order valence-electron chi connectivity index (χ1n) is 10.8. The number of benzene rings is 2. The molecule has 3 rings (SSSR count). The fraction of sp³-hybridized carbons (Fsp3) is 0.348. The van der Waals surface area contributed by atoms with Crippen molar-refractivity contribution >= 4 is 66.7 Å². The van der Waals surface area contributed by atoms with Gasteiger partial charge in [0.1, 0.15) is 6.54 Å². The summed E-state index contributed by atoms with van der Waals surface area (Å²) in [6.07, 6.45) is 0. The first kappa shape index (κ1) is 29.2. The minimum atomic E-state index is -3.85. The molecule has 0 bridgehead atoms. The van der Waals surface area contributed by atoms with E-state index in [-0.39, 0.29) is 58.2 Å². The number of fused-ring (bicyclic) bond motifs is 1. The van der Waals surface area contributed by atoms with Crippen LogP contribution in [-0.2, 0) is 35.6 Å². The number of aromatic nitrogens is 1.